The molecule has 3 nitrogen and oxygen atoms in total. The highest BCUT2D eigenvalue weighted by Crippen LogP contribution is 2.26. The standard InChI is InChI=1S/C16H20O3Si/c1-12(17)19-16(14-9-10-18-11-14)13-5-7-15(8-6-13)20(2,3)4/h5-11,16H,1-4H3/t16-/m0/s1. The normalized spacial score (nSPS) is 13.0. The molecule has 0 aliphatic carbocycles. The Morgan fingerprint density at radius 3 is 2.20 bits per heavy atom. The van der Waals surface area contributed by atoms with Crippen molar-refractivity contribution in [3.05, 3.63) is 54.0 Å². The van der Waals surface area contributed by atoms with Crippen molar-refractivity contribution >= 4 is 19.2 Å². The monoisotopic (exact) mass is 288 g/mol. The molecule has 0 spiro atoms. The van der Waals surface area contributed by atoms with Gasteiger partial charge in [-0.15, -0.1) is 0 Å². The number of hydrogen-bond acceptors (Lipinski definition) is 3. The third-order valence-electron chi connectivity index (χ3n) is 3.21. The Morgan fingerprint density at radius 1 is 1.10 bits per heavy atom. The lowest BCUT2D eigenvalue weighted by Crippen LogP contribution is -2.37. The average molecular weight is 288 g/mol. The first-order chi connectivity index (χ1) is 9.38. The zero-order valence-electron chi connectivity index (χ0n) is 12.3. The second-order valence-corrected chi connectivity index (χ2v) is 11.0. The van der Waals surface area contributed by atoms with Crippen LogP contribution in [0.3, 0.4) is 0 Å². The van der Waals surface area contributed by atoms with E-state index in [1.54, 1.807) is 12.5 Å². The van der Waals surface area contributed by atoms with Gasteiger partial charge in [-0.2, -0.15) is 0 Å². The first kappa shape index (κ1) is 14.6. The van der Waals surface area contributed by atoms with E-state index >= 15 is 0 Å². The van der Waals surface area contributed by atoms with Crippen molar-refractivity contribution in [3.63, 3.8) is 0 Å². The van der Waals surface area contributed by atoms with Crippen LogP contribution in [0.25, 0.3) is 0 Å². The molecule has 0 amide bonds. The van der Waals surface area contributed by atoms with E-state index in [-0.39, 0.29) is 5.97 Å². The molecule has 4 heteroatoms. The Morgan fingerprint density at radius 2 is 1.75 bits per heavy atom. The molecule has 0 unspecified atom stereocenters. The summed E-state index contributed by atoms with van der Waals surface area (Å²) in [6.07, 6.45) is 2.80. The van der Waals surface area contributed by atoms with Crippen molar-refractivity contribution in [2.45, 2.75) is 32.7 Å². The van der Waals surface area contributed by atoms with E-state index in [4.69, 9.17) is 9.15 Å². The van der Waals surface area contributed by atoms with Gasteiger partial charge < -0.3 is 9.15 Å². The SMILES string of the molecule is CC(=O)O[C@@H](c1ccc([Si](C)(C)C)cc1)c1ccoc1. The van der Waals surface area contributed by atoms with E-state index < -0.39 is 14.2 Å². The zero-order chi connectivity index (χ0) is 14.8. The second-order valence-electron chi connectivity index (χ2n) is 5.92. The van der Waals surface area contributed by atoms with E-state index in [1.807, 2.05) is 18.2 Å². The molecular formula is C16H20O3Si. The van der Waals surface area contributed by atoms with Crippen LogP contribution in [0, 0.1) is 0 Å². The maximum absolute atomic E-state index is 11.3. The predicted octanol–water partition coefficient (Wildman–Crippen LogP) is 3.48. The van der Waals surface area contributed by atoms with E-state index in [0.717, 1.165) is 11.1 Å². The van der Waals surface area contributed by atoms with E-state index in [1.165, 1.54) is 12.1 Å². The van der Waals surface area contributed by atoms with Crippen LogP contribution in [-0.2, 0) is 9.53 Å². The fraction of sp³-hybridized carbons (Fsp3) is 0.312. The van der Waals surface area contributed by atoms with Crippen molar-refractivity contribution in [1.29, 1.82) is 0 Å². The second kappa shape index (κ2) is 5.67. The lowest BCUT2D eigenvalue weighted by molar-refractivity contribution is -0.144. The topological polar surface area (TPSA) is 39.4 Å². The molecule has 0 aliphatic rings. The summed E-state index contributed by atoms with van der Waals surface area (Å²) in [7, 11) is -1.32. The summed E-state index contributed by atoms with van der Waals surface area (Å²) in [5.41, 5.74) is 1.81. The Balaban J connectivity index is 2.32. The van der Waals surface area contributed by atoms with Crippen LogP contribution in [0.5, 0.6) is 0 Å². The van der Waals surface area contributed by atoms with Crippen LogP contribution in [0.4, 0.5) is 0 Å². The predicted molar refractivity (Wildman–Crippen MR) is 81.7 cm³/mol. The Labute approximate surface area is 120 Å². The molecule has 106 valence electrons. The van der Waals surface area contributed by atoms with E-state index in [0.29, 0.717) is 0 Å². The molecule has 2 aromatic rings. The number of carbonyl (C=O) groups is 1. The van der Waals surface area contributed by atoms with Crippen molar-refractivity contribution in [2.24, 2.45) is 0 Å². The lowest BCUT2D eigenvalue weighted by atomic mass is 10.0. The summed E-state index contributed by atoms with van der Waals surface area (Å²) in [4.78, 5) is 11.3. The summed E-state index contributed by atoms with van der Waals surface area (Å²) in [6, 6.07) is 10.2. The lowest BCUT2D eigenvalue weighted by Gasteiger charge is -2.19. The number of carbonyl (C=O) groups excluding carboxylic acids is 1. The number of rotatable bonds is 4. The fourth-order valence-corrected chi connectivity index (χ4v) is 3.24. The number of ether oxygens (including phenoxy) is 1. The molecule has 2 rings (SSSR count). The largest absolute Gasteiger partial charge is 0.472 e. The van der Waals surface area contributed by atoms with Crippen LogP contribution in [0.15, 0.2) is 47.3 Å². The van der Waals surface area contributed by atoms with Gasteiger partial charge in [-0.25, -0.2) is 0 Å². The number of hydrogen-bond donors (Lipinski definition) is 0. The van der Waals surface area contributed by atoms with Gasteiger partial charge in [-0.1, -0.05) is 49.1 Å². The first-order valence-electron chi connectivity index (χ1n) is 6.67. The Bertz CT molecular complexity index is 565. The molecule has 0 fully saturated rings. The molecular weight excluding hydrogens is 268 g/mol. The summed E-state index contributed by atoms with van der Waals surface area (Å²) >= 11 is 0. The summed E-state index contributed by atoms with van der Waals surface area (Å²) < 4.78 is 10.5. The van der Waals surface area contributed by atoms with Crippen LogP contribution in [-0.4, -0.2) is 14.0 Å². The van der Waals surface area contributed by atoms with Gasteiger partial charge >= 0.3 is 5.97 Å². The molecule has 1 aromatic carbocycles. The van der Waals surface area contributed by atoms with Crippen LogP contribution < -0.4 is 5.19 Å². The molecule has 1 atom stereocenters. The number of benzene rings is 1. The molecule has 0 aliphatic heterocycles. The smallest absolute Gasteiger partial charge is 0.303 e. The average Bonchev–Trinajstić information content (AvgIpc) is 2.88. The highest BCUT2D eigenvalue weighted by Gasteiger charge is 2.20. The summed E-state index contributed by atoms with van der Waals surface area (Å²) in [5, 5.41) is 1.38. The first-order valence-corrected chi connectivity index (χ1v) is 10.2. The van der Waals surface area contributed by atoms with Gasteiger partial charge in [0.2, 0.25) is 0 Å². The molecule has 0 N–H and O–H groups in total. The molecule has 0 radical (unpaired) electrons. The van der Waals surface area contributed by atoms with Gasteiger partial charge in [0, 0.05) is 12.5 Å². The van der Waals surface area contributed by atoms with Crippen LogP contribution in [0.2, 0.25) is 19.6 Å². The third-order valence-corrected chi connectivity index (χ3v) is 5.27. The van der Waals surface area contributed by atoms with Gasteiger partial charge in [0.05, 0.1) is 20.6 Å². The highest BCUT2D eigenvalue weighted by molar-refractivity contribution is 6.88. The number of esters is 1. The van der Waals surface area contributed by atoms with Gasteiger partial charge in [0.25, 0.3) is 0 Å². The molecule has 0 bridgehead atoms. The minimum absolute atomic E-state index is 0.300. The van der Waals surface area contributed by atoms with Crippen molar-refractivity contribution < 1.29 is 13.9 Å². The minimum Gasteiger partial charge on any atom is -0.472 e. The quantitative estimate of drug-likeness (QED) is 0.639. The fourth-order valence-electron chi connectivity index (χ4n) is 2.08. The Hall–Kier alpha value is -1.81. The van der Waals surface area contributed by atoms with Gasteiger partial charge in [-0.05, 0) is 11.6 Å². The van der Waals surface area contributed by atoms with Crippen molar-refractivity contribution in [3.8, 4) is 0 Å². The molecule has 0 saturated carbocycles. The van der Waals surface area contributed by atoms with Gasteiger partial charge in [0.1, 0.15) is 0 Å². The molecule has 1 aromatic heterocycles. The third kappa shape index (κ3) is 3.39. The molecule has 1 heterocycles. The maximum Gasteiger partial charge on any atom is 0.303 e. The van der Waals surface area contributed by atoms with Crippen molar-refractivity contribution in [2.75, 3.05) is 0 Å². The zero-order valence-corrected chi connectivity index (χ0v) is 13.3. The summed E-state index contributed by atoms with van der Waals surface area (Å²) in [5.74, 6) is -0.300. The summed E-state index contributed by atoms with van der Waals surface area (Å²) in [6.45, 7) is 8.34. The van der Waals surface area contributed by atoms with Crippen LogP contribution in [0.1, 0.15) is 24.2 Å². The molecule has 20 heavy (non-hydrogen) atoms. The van der Waals surface area contributed by atoms with E-state index in [2.05, 4.69) is 31.8 Å². The number of furan rings is 1. The van der Waals surface area contributed by atoms with E-state index in [9.17, 15) is 4.79 Å². The van der Waals surface area contributed by atoms with Gasteiger partial charge in [0.15, 0.2) is 6.10 Å². The highest BCUT2D eigenvalue weighted by atomic mass is 28.3. The minimum atomic E-state index is -1.32. The van der Waals surface area contributed by atoms with Crippen molar-refractivity contribution in [1.82, 2.24) is 0 Å². The maximum atomic E-state index is 11.3. The molecule has 0 saturated heterocycles. The Kier molecular flexibility index (Phi) is 4.14. The van der Waals surface area contributed by atoms with Gasteiger partial charge in [-0.3, -0.25) is 4.79 Å². The van der Waals surface area contributed by atoms with Crippen LogP contribution >= 0.6 is 0 Å².